The number of benzene rings is 1. The number of alkyl halides is 1. The predicted molar refractivity (Wildman–Crippen MR) is 78.7 cm³/mol. The summed E-state index contributed by atoms with van der Waals surface area (Å²) < 4.78 is 1.14. The van der Waals surface area contributed by atoms with Crippen LogP contribution in [0.3, 0.4) is 0 Å². The smallest absolute Gasteiger partial charge is 0.0175 e. The van der Waals surface area contributed by atoms with Gasteiger partial charge in [0.1, 0.15) is 0 Å². The van der Waals surface area contributed by atoms with Gasteiger partial charge in [0.2, 0.25) is 0 Å². The highest BCUT2D eigenvalue weighted by Gasteiger charge is 2.11. The van der Waals surface area contributed by atoms with Gasteiger partial charge in [-0.1, -0.05) is 50.1 Å². The van der Waals surface area contributed by atoms with Crippen LogP contribution in [0.15, 0.2) is 46.3 Å². The molecule has 1 heterocycles. The Hall–Kier alpha value is -0.120. The van der Waals surface area contributed by atoms with Gasteiger partial charge >= 0.3 is 0 Å². The second-order valence-corrected chi connectivity index (χ2v) is 6.28. The molecular weight excluding hydrogens is 348 g/mol. The van der Waals surface area contributed by atoms with Crippen LogP contribution in [0.1, 0.15) is 16.4 Å². The Kier molecular flexibility index (Phi) is 4.62. The van der Waals surface area contributed by atoms with Gasteiger partial charge in [-0.3, -0.25) is 0 Å². The van der Waals surface area contributed by atoms with Crippen LogP contribution in [0.2, 0.25) is 0 Å². The lowest BCUT2D eigenvalue weighted by atomic mass is 9.97. The van der Waals surface area contributed by atoms with Gasteiger partial charge in [-0.25, -0.2) is 0 Å². The van der Waals surface area contributed by atoms with Crippen molar-refractivity contribution in [2.24, 2.45) is 0 Å². The monoisotopic (exact) mass is 358 g/mol. The van der Waals surface area contributed by atoms with E-state index in [-0.39, 0.29) is 0 Å². The van der Waals surface area contributed by atoms with Gasteiger partial charge in [0.25, 0.3) is 0 Å². The predicted octanol–water partition coefficient (Wildman–Crippen LogP) is 5.23. The van der Waals surface area contributed by atoms with Crippen LogP contribution < -0.4 is 0 Å². The highest BCUT2D eigenvalue weighted by atomic mass is 79.9. The number of hydrogen-bond acceptors (Lipinski definition) is 1. The zero-order valence-electron chi connectivity index (χ0n) is 8.70. The number of thiophene rings is 1. The quantitative estimate of drug-likeness (QED) is 0.655. The van der Waals surface area contributed by atoms with Gasteiger partial charge in [-0.15, -0.1) is 11.3 Å². The summed E-state index contributed by atoms with van der Waals surface area (Å²) in [7, 11) is 0. The highest BCUT2D eigenvalue weighted by Crippen LogP contribution is 2.26. The first kappa shape index (κ1) is 12.3. The molecule has 0 aliphatic carbocycles. The zero-order valence-corrected chi connectivity index (χ0v) is 12.7. The van der Waals surface area contributed by atoms with E-state index < -0.39 is 0 Å². The minimum Gasteiger partial charge on any atom is -0.149 e. The fraction of sp³-hybridized carbons (Fsp3) is 0.231. The van der Waals surface area contributed by atoms with Crippen molar-refractivity contribution in [3.05, 3.63) is 56.7 Å². The molecule has 0 aliphatic heterocycles. The van der Waals surface area contributed by atoms with E-state index in [9.17, 15) is 0 Å². The Morgan fingerprint density at radius 3 is 2.44 bits per heavy atom. The molecule has 0 fully saturated rings. The molecule has 0 nitrogen and oxygen atoms in total. The molecule has 0 N–H and O–H groups in total. The van der Waals surface area contributed by atoms with Crippen molar-refractivity contribution < 1.29 is 0 Å². The standard InChI is InChI=1S/C13H12Br2S/c14-9-11(8-13-2-1-7-16-13)10-3-5-12(15)6-4-10/h1-7,11H,8-9H2. The summed E-state index contributed by atoms with van der Waals surface area (Å²) in [5.74, 6) is 0.562. The molecule has 1 unspecified atom stereocenters. The van der Waals surface area contributed by atoms with E-state index in [1.807, 2.05) is 11.3 Å². The van der Waals surface area contributed by atoms with Crippen molar-refractivity contribution in [3.63, 3.8) is 0 Å². The Balaban J connectivity index is 2.13. The van der Waals surface area contributed by atoms with Crippen LogP contribution >= 0.6 is 43.2 Å². The van der Waals surface area contributed by atoms with E-state index in [0.29, 0.717) is 5.92 Å². The second kappa shape index (κ2) is 5.99. The SMILES string of the molecule is BrCC(Cc1cccs1)c1ccc(Br)cc1. The Morgan fingerprint density at radius 2 is 1.88 bits per heavy atom. The minimum atomic E-state index is 0.562. The van der Waals surface area contributed by atoms with Gasteiger partial charge in [0, 0.05) is 14.7 Å². The molecule has 2 aromatic rings. The van der Waals surface area contributed by atoms with Crippen molar-refractivity contribution in [1.29, 1.82) is 0 Å². The molecular formula is C13H12Br2S. The fourth-order valence-corrected chi connectivity index (χ4v) is 3.32. The molecule has 1 atom stereocenters. The van der Waals surface area contributed by atoms with Crippen molar-refractivity contribution in [3.8, 4) is 0 Å². The first-order valence-electron chi connectivity index (χ1n) is 5.13. The molecule has 0 saturated heterocycles. The summed E-state index contributed by atoms with van der Waals surface area (Å²) in [6.07, 6.45) is 1.12. The van der Waals surface area contributed by atoms with Crippen molar-refractivity contribution in [2.75, 3.05) is 5.33 Å². The maximum Gasteiger partial charge on any atom is 0.0175 e. The number of rotatable bonds is 4. The third-order valence-electron chi connectivity index (χ3n) is 2.56. The molecule has 1 aromatic heterocycles. The van der Waals surface area contributed by atoms with Gasteiger partial charge < -0.3 is 0 Å². The van der Waals surface area contributed by atoms with Crippen LogP contribution in [-0.2, 0) is 6.42 Å². The molecule has 2 rings (SSSR count). The summed E-state index contributed by atoms with van der Waals surface area (Å²) in [6.45, 7) is 0. The van der Waals surface area contributed by atoms with Gasteiger partial charge in [-0.05, 0) is 41.5 Å². The van der Waals surface area contributed by atoms with Gasteiger partial charge in [0.15, 0.2) is 0 Å². The van der Waals surface area contributed by atoms with Gasteiger partial charge in [0.05, 0.1) is 0 Å². The van der Waals surface area contributed by atoms with Crippen molar-refractivity contribution in [2.45, 2.75) is 12.3 Å². The van der Waals surface area contributed by atoms with Crippen LogP contribution in [0.25, 0.3) is 0 Å². The van der Waals surface area contributed by atoms with E-state index in [4.69, 9.17) is 0 Å². The molecule has 16 heavy (non-hydrogen) atoms. The lowest BCUT2D eigenvalue weighted by Crippen LogP contribution is -2.03. The summed E-state index contributed by atoms with van der Waals surface area (Å²) >= 11 is 8.91. The molecule has 0 bridgehead atoms. The largest absolute Gasteiger partial charge is 0.149 e. The molecule has 0 amide bonds. The van der Waals surface area contributed by atoms with E-state index in [2.05, 4.69) is 73.6 Å². The van der Waals surface area contributed by atoms with Crippen LogP contribution in [-0.4, -0.2) is 5.33 Å². The lowest BCUT2D eigenvalue weighted by molar-refractivity contribution is 0.785. The van der Waals surface area contributed by atoms with E-state index >= 15 is 0 Å². The topological polar surface area (TPSA) is 0 Å². The number of halogens is 2. The molecule has 3 heteroatoms. The van der Waals surface area contributed by atoms with Gasteiger partial charge in [-0.2, -0.15) is 0 Å². The third kappa shape index (κ3) is 3.19. The molecule has 0 aliphatic rings. The highest BCUT2D eigenvalue weighted by molar-refractivity contribution is 9.10. The fourth-order valence-electron chi connectivity index (χ4n) is 1.67. The average molecular weight is 360 g/mol. The summed E-state index contributed by atoms with van der Waals surface area (Å²) in [5, 5.41) is 3.15. The first-order valence-corrected chi connectivity index (χ1v) is 7.93. The van der Waals surface area contributed by atoms with E-state index in [1.54, 1.807) is 0 Å². The molecule has 1 aromatic carbocycles. The normalized spacial score (nSPS) is 12.6. The maximum absolute atomic E-state index is 3.61. The summed E-state index contributed by atoms with van der Waals surface area (Å²) in [5.41, 5.74) is 1.40. The summed E-state index contributed by atoms with van der Waals surface area (Å²) in [4.78, 5) is 1.45. The third-order valence-corrected chi connectivity index (χ3v) is 4.76. The lowest BCUT2D eigenvalue weighted by Gasteiger charge is -2.13. The van der Waals surface area contributed by atoms with E-state index in [1.165, 1.54) is 10.4 Å². The first-order chi connectivity index (χ1) is 7.79. The molecule has 0 radical (unpaired) electrons. The van der Waals surface area contributed by atoms with Crippen molar-refractivity contribution >= 4 is 43.2 Å². The molecule has 84 valence electrons. The average Bonchev–Trinajstić information content (AvgIpc) is 2.80. The minimum absolute atomic E-state index is 0.562. The zero-order chi connectivity index (χ0) is 11.4. The van der Waals surface area contributed by atoms with Crippen LogP contribution in [0.4, 0.5) is 0 Å². The van der Waals surface area contributed by atoms with Crippen LogP contribution in [0.5, 0.6) is 0 Å². The number of hydrogen-bond donors (Lipinski definition) is 0. The Morgan fingerprint density at radius 1 is 1.12 bits per heavy atom. The Labute approximate surface area is 117 Å². The molecule has 0 spiro atoms. The molecule has 0 saturated carbocycles. The maximum atomic E-state index is 3.61. The summed E-state index contributed by atoms with van der Waals surface area (Å²) in [6, 6.07) is 12.9. The second-order valence-electron chi connectivity index (χ2n) is 3.69. The van der Waals surface area contributed by atoms with Crippen LogP contribution in [0, 0.1) is 0 Å². The van der Waals surface area contributed by atoms with E-state index in [0.717, 1.165) is 16.2 Å². The Bertz CT molecular complexity index is 420. The van der Waals surface area contributed by atoms with Crippen molar-refractivity contribution in [1.82, 2.24) is 0 Å².